The molecule has 9 nitrogen and oxygen atoms in total. The van der Waals surface area contributed by atoms with E-state index in [2.05, 4.69) is 5.32 Å². The molecule has 1 heterocycles. The summed E-state index contributed by atoms with van der Waals surface area (Å²) in [4.78, 5) is 36.3. The number of alkyl carbamates (subject to hydrolysis) is 1. The van der Waals surface area contributed by atoms with E-state index in [0.29, 0.717) is 24.0 Å². The first kappa shape index (κ1) is 27.9. The molecular formula is C27H32N2O7S. The van der Waals surface area contributed by atoms with Crippen LogP contribution >= 0.6 is 0 Å². The van der Waals surface area contributed by atoms with Gasteiger partial charge in [0.2, 0.25) is 0 Å². The number of sulfonamides is 1. The number of aldehydes is 1. The smallest absolute Gasteiger partial charge is 0.407 e. The van der Waals surface area contributed by atoms with Gasteiger partial charge in [0.15, 0.2) is 0 Å². The zero-order valence-electron chi connectivity index (χ0n) is 21.6. The van der Waals surface area contributed by atoms with Crippen LogP contribution in [0.25, 0.3) is 6.08 Å². The van der Waals surface area contributed by atoms with Crippen molar-refractivity contribution in [2.24, 2.45) is 0 Å². The summed E-state index contributed by atoms with van der Waals surface area (Å²) >= 11 is 0. The van der Waals surface area contributed by atoms with Crippen LogP contribution in [0.5, 0.6) is 0 Å². The Labute approximate surface area is 217 Å². The summed E-state index contributed by atoms with van der Waals surface area (Å²) in [5, 5.41) is 2.66. The van der Waals surface area contributed by atoms with Gasteiger partial charge in [-0.2, -0.15) is 0 Å². The fourth-order valence-electron chi connectivity index (χ4n) is 4.01. The number of aryl methyl sites for hydroxylation is 1. The minimum absolute atomic E-state index is 0.0742. The summed E-state index contributed by atoms with van der Waals surface area (Å²) in [5.41, 5.74) is 1.47. The molecule has 3 rings (SSSR count). The highest BCUT2D eigenvalue weighted by atomic mass is 32.2. The lowest BCUT2D eigenvalue weighted by Gasteiger charge is -2.37. The minimum atomic E-state index is -4.10. The molecule has 0 saturated heterocycles. The standard InChI is InChI=1S/C27H32N2O7S/c1-18-8-11-22(12-9-18)37(33,34)29-23(7-6-14-28-26(32)36-27(2,3)4)21(17-30)16-20-15-19(25(31)35-5)10-13-24(20)29/h8-13,15-17,23H,6-7,14H2,1-5H3,(H,28,32)/t23-/m0/s1. The van der Waals surface area contributed by atoms with Crippen LogP contribution in [0.1, 0.15) is 55.1 Å². The number of fused-ring (bicyclic) bond motifs is 1. The Morgan fingerprint density at radius 2 is 1.78 bits per heavy atom. The van der Waals surface area contributed by atoms with Crippen molar-refractivity contribution >= 4 is 40.1 Å². The second-order valence-corrected chi connectivity index (χ2v) is 11.5. The van der Waals surface area contributed by atoms with Crippen molar-refractivity contribution in [3.05, 3.63) is 64.7 Å². The molecule has 0 fully saturated rings. The molecule has 1 atom stereocenters. The molecule has 0 bridgehead atoms. The summed E-state index contributed by atoms with van der Waals surface area (Å²) in [6.45, 7) is 7.35. The number of anilines is 1. The van der Waals surface area contributed by atoms with Crippen molar-refractivity contribution in [2.75, 3.05) is 18.0 Å². The normalized spacial score (nSPS) is 15.3. The second kappa shape index (κ2) is 11.2. The lowest BCUT2D eigenvalue weighted by molar-refractivity contribution is -0.105. The Hall–Kier alpha value is -3.66. The van der Waals surface area contributed by atoms with E-state index in [4.69, 9.17) is 9.47 Å². The second-order valence-electron chi connectivity index (χ2n) is 9.73. The molecule has 2 aromatic carbocycles. The quantitative estimate of drug-likeness (QED) is 0.309. The molecule has 0 saturated carbocycles. The van der Waals surface area contributed by atoms with E-state index >= 15 is 0 Å². The number of methoxy groups -OCH3 is 1. The Kier molecular flexibility index (Phi) is 8.42. The van der Waals surface area contributed by atoms with Crippen LogP contribution in [0.15, 0.2) is 52.9 Å². The molecule has 2 aromatic rings. The highest BCUT2D eigenvalue weighted by Gasteiger charge is 2.37. The first-order valence-electron chi connectivity index (χ1n) is 11.8. The van der Waals surface area contributed by atoms with Crippen molar-refractivity contribution in [3.63, 3.8) is 0 Å². The predicted molar refractivity (Wildman–Crippen MR) is 140 cm³/mol. The summed E-state index contributed by atoms with van der Waals surface area (Å²) in [6.07, 6.45) is 2.26. The third-order valence-corrected chi connectivity index (χ3v) is 7.55. The molecular weight excluding hydrogens is 496 g/mol. The van der Waals surface area contributed by atoms with Crippen LogP contribution in [-0.4, -0.2) is 52.1 Å². The lowest BCUT2D eigenvalue weighted by atomic mass is 9.94. The number of hydrogen-bond donors (Lipinski definition) is 1. The Bertz CT molecular complexity index is 1310. The highest BCUT2D eigenvalue weighted by Crippen LogP contribution is 2.38. The van der Waals surface area contributed by atoms with Crippen molar-refractivity contribution in [1.29, 1.82) is 0 Å². The van der Waals surface area contributed by atoms with Gasteiger partial charge in [-0.15, -0.1) is 0 Å². The van der Waals surface area contributed by atoms with Crippen LogP contribution in [-0.2, 0) is 24.3 Å². The van der Waals surface area contributed by atoms with Gasteiger partial charge in [-0.05, 0) is 76.9 Å². The van der Waals surface area contributed by atoms with E-state index in [0.717, 1.165) is 5.56 Å². The van der Waals surface area contributed by atoms with Gasteiger partial charge in [-0.1, -0.05) is 17.7 Å². The average molecular weight is 529 g/mol. The van der Waals surface area contributed by atoms with Gasteiger partial charge in [-0.25, -0.2) is 18.0 Å². The number of ether oxygens (including phenoxy) is 2. The van der Waals surface area contributed by atoms with Gasteiger partial charge in [0.05, 0.1) is 29.3 Å². The number of esters is 1. The fourth-order valence-corrected chi connectivity index (χ4v) is 5.71. The Balaban J connectivity index is 1.98. The summed E-state index contributed by atoms with van der Waals surface area (Å²) in [5.74, 6) is -0.577. The molecule has 10 heteroatoms. The van der Waals surface area contributed by atoms with E-state index in [1.165, 1.54) is 41.7 Å². The SMILES string of the molecule is COC(=O)c1ccc2c(c1)C=C(C=O)[C@H](CCCNC(=O)OC(C)(C)C)N2S(=O)(=O)c1ccc(C)cc1. The number of carbonyl (C=O) groups is 3. The van der Waals surface area contributed by atoms with Gasteiger partial charge >= 0.3 is 12.1 Å². The molecule has 1 aliphatic heterocycles. The maximum Gasteiger partial charge on any atom is 0.407 e. The predicted octanol–water partition coefficient (Wildman–Crippen LogP) is 4.25. The minimum Gasteiger partial charge on any atom is -0.465 e. The highest BCUT2D eigenvalue weighted by molar-refractivity contribution is 7.92. The number of nitrogens with zero attached hydrogens (tertiary/aromatic N) is 1. The largest absolute Gasteiger partial charge is 0.465 e. The molecule has 0 aromatic heterocycles. The van der Waals surface area contributed by atoms with Crippen LogP contribution in [0.3, 0.4) is 0 Å². The number of nitrogens with one attached hydrogen (secondary N) is 1. The van der Waals surface area contributed by atoms with Crippen molar-refractivity contribution < 1.29 is 32.3 Å². The molecule has 1 amide bonds. The lowest BCUT2D eigenvalue weighted by Crippen LogP contribution is -2.44. The Morgan fingerprint density at radius 1 is 1.11 bits per heavy atom. The van der Waals surface area contributed by atoms with Gasteiger partial charge < -0.3 is 14.8 Å². The molecule has 0 aliphatic carbocycles. The third kappa shape index (κ3) is 6.56. The van der Waals surface area contributed by atoms with E-state index in [-0.39, 0.29) is 29.0 Å². The van der Waals surface area contributed by atoms with E-state index < -0.39 is 33.7 Å². The van der Waals surface area contributed by atoms with Gasteiger partial charge in [0.1, 0.15) is 11.9 Å². The molecule has 198 valence electrons. The van der Waals surface area contributed by atoms with Crippen LogP contribution in [0, 0.1) is 6.92 Å². The van der Waals surface area contributed by atoms with E-state index in [1.807, 2.05) is 6.92 Å². The van der Waals surface area contributed by atoms with Crippen molar-refractivity contribution in [2.45, 2.75) is 57.1 Å². The first-order chi connectivity index (χ1) is 17.4. The zero-order chi connectivity index (χ0) is 27.4. The summed E-state index contributed by atoms with van der Waals surface area (Å²) < 4.78 is 39.1. The van der Waals surface area contributed by atoms with E-state index in [1.54, 1.807) is 39.0 Å². The Morgan fingerprint density at radius 3 is 2.38 bits per heavy atom. The number of rotatable bonds is 8. The van der Waals surface area contributed by atoms with Crippen LogP contribution in [0.2, 0.25) is 0 Å². The van der Waals surface area contributed by atoms with Crippen molar-refractivity contribution in [1.82, 2.24) is 5.32 Å². The summed E-state index contributed by atoms with van der Waals surface area (Å²) in [6, 6.07) is 10.2. The molecule has 0 unspecified atom stereocenters. The third-order valence-electron chi connectivity index (χ3n) is 5.71. The van der Waals surface area contributed by atoms with Gasteiger partial charge in [0, 0.05) is 17.7 Å². The maximum atomic E-state index is 13.9. The molecule has 1 N–H and O–H groups in total. The monoisotopic (exact) mass is 528 g/mol. The average Bonchev–Trinajstić information content (AvgIpc) is 2.84. The molecule has 0 spiro atoms. The van der Waals surface area contributed by atoms with E-state index in [9.17, 15) is 22.8 Å². The molecule has 1 aliphatic rings. The number of carbonyl (C=O) groups excluding carboxylic acids is 3. The summed E-state index contributed by atoms with van der Waals surface area (Å²) in [7, 11) is -2.84. The molecule has 0 radical (unpaired) electrons. The van der Waals surface area contributed by atoms with Crippen LogP contribution < -0.4 is 9.62 Å². The number of benzene rings is 2. The van der Waals surface area contributed by atoms with Gasteiger partial charge in [0.25, 0.3) is 10.0 Å². The fraction of sp³-hybridized carbons (Fsp3) is 0.370. The maximum absolute atomic E-state index is 13.9. The number of hydrogen-bond acceptors (Lipinski definition) is 7. The topological polar surface area (TPSA) is 119 Å². The number of amides is 1. The zero-order valence-corrected chi connectivity index (χ0v) is 22.4. The van der Waals surface area contributed by atoms with Crippen LogP contribution in [0.4, 0.5) is 10.5 Å². The molecule has 37 heavy (non-hydrogen) atoms. The first-order valence-corrected chi connectivity index (χ1v) is 13.3. The van der Waals surface area contributed by atoms with Gasteiger partial charge in [-0.3, -0.25) is 9.10 Å². The van der Waals surface area contributed by atoms with Crippen molar-refractivity contribution in [3.8, 4) is 0 Å².